The van der Waals surface area contributed by atoms with Gasteiger partial charge in [-0.3, -0.25) is 4.79 Å². The maximum Gasteiger partial charge on any atom is 0.225 e. The summed E-state index contributed by atoms with van der Waals surface area (Å²) in [4.78, 5) is 19.7. The lowest BCUT2D eigenvalue weighted by Crippen LogP contribution is -2.42. The minimum Gasteiger partial charge on any atom is -0.381 e. The molecule has 6 heteroatoms. The smallest absolute Gasteiger partial charge is 0.225 e. The molecule has 0 aliphatic carbocycles. The molecule has 2 aliphatic rings. The first-order valence-corrected chi connectivity index (χ1v) is 9.93. The molecule has 1 unspecified atom stereocenters. The highest BCUT2D eigenvalue weighted by Gasteiger charge is 2.31. The molecule has 4 rings (SSSR count). The number of carbonyl (C=O) groups excluding carboxylic acids is 1. The fourth-order valence-electron chi connectivity index (χ4n) is 3.66. The normalized spacial score (nSPS) is 21.8. The Morgan fingerprint density at radius 2 is 2.08 bits per heavy atom. The first kappa shape index (κ1) is 16.8. The molecular weight excluding hydrogens is 334 g/mol. The highest BCUT2D eigenvalue weighted by atomic mass is 32.1. The molecule has 134 valence electrons. The lowest BCUT2D eigenvalue weighted by molar-refractivity contribution is -0.125. The Balaban J connectivity index is 1.43. The van der Waals surface area contributed by atoms with Gasteiger partial charge in [0.25, 0.3) is 0 Å². The largest absolute Gasteiger partial charge is 0.381 e. The first-order valence-electron chi connectivity index (χ1n) is 9.11. The van der Waals surface area contributed by atoms with Crippen molar-refractivity contribution in [2.24, 2.45) is 5.92 Å². The maximum atomic E-state index is 12.6. The van der Waals surface area contributed by atoms with Crippen LogP contribution in [0.4, 0.5) is 5.13 Å². The number of benzene rings is 1. The number of nitrogens with one attached hydrogen (secondary N) is 1. The summed E-state index contributed by atoms with van der Waals surface area (Å²) >= 11 is 1.73. The van der Waals surface area contributed by atoms with Gasteiger partial charge in [0.05, 0.1) is 16.1 Å². The second-order valence-electron chi connectivity index (χ2n) is 7.18. The van der Waals surface area contributed by atoms with E-state index in [1.807, 2.05) is 0 Å². The van der Waals surface area contributed by atoms with E-state index in [2.05, 4.69) is 36.2 Å². The molecule has 2 fully saturated rings. The van der Waals surface area contributed by atoms with E-state index in [0.717, 1.165) is 56.2 Å². The zero-order valence-corrected chi connectivity index (χ0v) is 15.7. The van der Waals surface area contributed by atoms with Crippen LogP contribution in [-0.4, -0.2) is 43.2 Å². The number of nitrogens with zero attached hydrogens (tertiary/aromatic N) is 2. The third-order valence-electron chi connectivity index (χ3n) is 5.47. The summed E-state index contributed by atoms with van der Waals surface area (Å²) in [6.45, 7) is 7.45. The number of fused-ring (bicyclic) bond motifs is 1. The third kappa shape index (κ3) is 3.37. The van der Waals surface area contributed by atoms with Gasteiger partial charge in [-0.05, 0) is 50.3 Å². The van der Waals surface area contributed by atoms with Gasteiger partial charge in [-0.2, -0.15) is 0 Å². The van der Waals surface area contributed by atoms with Crippen molar-refractivity contribution in [1.29, 1.82) is 0 Å². The standard InChI is InChI=1S/C19H25N3O2S/c1-12-3-4-16-17(13(12)2)21-19(25-16)22-8-5-14(11-22)18(23)20-15-6-9-24-10-7-15/h3-4,14-15H,5-11H2,1-2H3,(H,20,23). The van der Waals surface area contributed by atoms with E-state index in [9.17, 15) is 4.79 Å². The van der Waals surface area contributed by atoms with Gasteiger partial charge in [0.15, 0.2) is 5.13 Å². The molecule has 5 nitrogen and oxygen atoms in total. The van der Waals surface area contributed by atoms with E-state index in [-0.39, 0.29) is 17.9 Å². The van der Waals surface area contributed by atoms with E-state index in [1.54, 1.807) is 11.3 Å². The highest BCUT2D eigenvalue weighted by molar-refractivity contribution is 7.22. The summed E-state index contributed by atoms with van der Waals surface area (Å²) < 4.78 is 6.59. The monoisotopic (exact) mass is 359 g/mol. The fraction of sp³-hybridized carbons (Fsp3) is 0.579. The molecule has 0 radical (unpaired) electrons. The second-order valence-corrected chi connectivity index (χ2v) is 8.19. The van der Waals surface area contributed by atoms with Crippen LogP contribution in [0.5, 0.6) is 0 Å². The van der Waals surface area contributed by atoms with Crippen LogP contribution < -0.4 is 10.2 Å². The van der Waals surface area contributed by atoms with Crippen molar-refractivity contribution < 1.29 is 9.53 Å². The lowest BCUT2D eigenvalue weighted by Gasteiger charge is -2.24. The van der Waals surface area contributed by atoms with Crippen molar-refractivity contribution in [3.63, 3.8) is 0 Å². The summed E-state index contributed by atoms with van der Waals surface area (Å²) in [6.07, 6.45) is 2.76. The fourth-order valence-corrected chi connectivity index (χ4v) is 4.72. The molecule has 1 atom stereocenters. The number of aromatic nitrogens is 1. The van der Waals surface area contributed by atoms with Crippen LogP contribution in [-0.2, 0) is 9.53 Å². The zero-order chi connectivity index (χ0) is 17.4. The van der Waals surface area contributed by atoms with Gasteiger partial charge in [-0.1, -0.05) is 17.4 Å². The Bertz CT molecular complexity index is 782. The van der Waals surface area contributed by atoms with Gasteiger partial charge in [0.2, 0.25) is 5.91 Å². The molecule has 2 aliphatic heterocycles. The topological polar surface area (TPSA) is 54.5 Å². The Hall–Kier alpha value is -1.66. The molecule has 0 saturated carbocycles. The number of hydrogen-bond donors (Lipinski definition) is 1. The van der Waals surface area contributed by atoms with Gasteiger partial charge in [-0.25, -0.2) is 4.98 Å². The van der Waals surface area contributed by atoms with E-state index in [1.165, 1.54) is 15.8 Å². The predicted octanol–water partition coefficient (Wildman–Crippen LogP) is 3.03. The summed E-state index contributed by atoms with van der Waals surface area (Å²) in [6, 6.07) is 4.60. The van der Waals surface area contributed by atoms with Crippen molar-refractivity contribution in [3.8, 4) is 0 Å². The molecule has 25 heavy (non-hydrogen) atoms. The predicted molar refractivity (Wildman–Crippen MR) is 101 cm³/mol. The summed E-state index contributed by atoms with van der Waals surface area (Å²) in [5, 5.41) is 4.26. The van der Waals surface area contributed by atoms with Crippen molar-refractivity contribution in [2.75, 3.05) is 31.2 Å². The molecule has 2 saturated heterocycles. The van der Waals surface area contributed by atoms with Crippen LogP contribution in [0.25, 0.3) is 10.2 Å². The number of carbonyl (C=O) groups is 1. The second kappa shape index (κ2) is 6.92. The average molecular weight is 359 g/mol. The molecular formula is C19H25N3O2S. The molecule has 1 aromatic heterocycles. The lowest BCUT2D eigenvalue weighted by atomic mass is 10.1. The summed E-state index contributed by atoms with van der Waals surface area (Å²) in [5.41, 5.74) is 3.64. The third-order valence-corrected chi connectivity index (χ3v) is 6.55. The quantitative estimate of drug-likeness (QED) is 0.915. The number of anilines is 1. The van der Waals surface area contributed by atoms with E-state index in [4.69, 9.17) is 9.72 Å². The molecule has 1 aromatic carbocycles. The van der Waals surface area contributed by atoms with Crippen molar-refractivity contribution in [3.05, 3.63) is 23.3 Å². The molecule has 2 aromatic rings. The van der Waals surface area contributed by atoms with E-state index >= 15 is 0 Å². The summed E-state index contributed by atoms with van der Waals surface area (Å²) in [7, 11) is 0. The number of hydrogen-bond acceptors (Lipinski definition) is 5. The van der Waals surface area contributed by atoms with Gasteiger partial charge >= 0.3 is 0 Å². The molecule has 3 heterocycles. The molecule has 0 spiro atoms. The number of rotatable bonds is 3. The average Bonchev–Trinajstić information content (AvgIpc) is 3.26. The molecule has 1 amide bonds. The van der Waals surface area contributed by atoms with Crippen LogP contribution >= 0.6 is 11.3 Å². The van der Waals surface area contributed by atoms with Crippen molar-refractivity contribution in [2.45, 2.75) is 39.2 Å². The van der Waals surface area contributed by atoms with Crippen LogP contribution in [0.15, 0.2) is 12.1 Å². The van der Waals surface area contributed by atoms with Gasteiger partial charge in [0.1, 0.15) is 0 Å². The highest BCUT2D eigenvalue weighted by Crippen LogP contribution is 2.34. The van der Waals surface area contributed by atoms with Crippen LogP contribution in [0.1, 0.15) is 30.4 Å². The number of thiazole rings is 1. The van der Waals surface area contributed by atoms with Crippen LogP contribution in [0.2, 0.25) is 0 Å². The Labute approximate surface area is 152 Å². The van der Waals surface area contributed by atoms with Gasteiger partial charge in [-0.15, -0.1) is 0 Å². The van der Waals surface area contributed by atoms with Gasteiger partial charge < -0.3 is 15.0 Å². The Kier molecular flexibility index (Phi) is 4.65. The van der Waals surface area contributed by atoms with E-state index in [0.29, 0.717) is 0 Å². The Morgan fingerprint density at radius 3 is 2.88 bits per heavy atom. The minimum atomic E-state index is 0.0673. The zero-order valence-electron chi connectivity index (χ0n) is 14.9. The first-order chi connectivity index (χ1) is 12.1. The summed E-state index contributed by atoms with van der Waals surface area (Å²) in [5.74, 6) is 0.264. The SMILES string of the molecule is Cc1ccc2sc(N3CCC(C(=O)NC4CCOCC4)C3)nc2c1C. The Morgan fingerprint density at radius 1 is 1.28 bits per heavy atom. The van der Waals surface area contributed by atoms with Crippen molar-refractivity contribution in [1.82, 2.24) is 10.3 Å². The number of aryl methyl sites for hydroxylation is 2. The number of ether oxygens (including phenoxy) is 1. The van der Waals surface area contributed by atoms with E-state index < -0.39 is 0 Å². The van der Waals surface area contributed by atoms with Crippen LogP contribution in [0, 0.1) is 19.8 Å². The van der Waals surface area contributed by atoms with Gasteiger partial charge in [0, 0.05) is 32.3 Å². The minimum absolute atomic E-state index is 0.0673. The van der Waals surface area contributed by atoms with Crippen LogP contribution in [0.3, 0.4) is 0 Å². The van der Waals surface area contributed by atoms with Crippen molar-refractivity contribution >= 4 is 32.6 Å². The number of amides is 1. The maximum absolute atomic E-state index is 12.6. The molecule has 1 N–H and O–H groups in total. The molecule has 0 bridgehead atoms.